The van der Waals surface area contributed by atoms with Gasteiger partial charge < -0.3 is 10.2 Å². The van der Waals surface area contributed by atoms with Crippen LogP contribution in [-0.2, 0) is 0 Å². The molecule has 0 amide bonds. The van der Waals surface area contributed by atoms with E-state index in [4.69, 9.17) is 0 Å². The van der Waals surface area contributed by atoms with E-state index in [0.717, 1.165) is 26.2 Å². The van der Waals surface area contributed by atoms with Gasteiger partial charge in [0.25, 0.3) is 0 Å². The minimum absolute atomic E-state index is 1.08. The van der Waals surface area contributed by atoms with Gasteiger partial charge in [-0.2, -0.15) is 0 Å². The summed E-state index contributed by atoms with van der Waals surface area (Å²) in [6.07, 6.45) is 0. The zero-order chi connectivity index (χ0) is 9.97. The van der Waals surface area contributed by atoms with Gasteiger partial charge in [-0.1, -0.05) is 0 Å². The van der Waals surface area contributed by atoms with Gasteiger partial charge in [-0.15, -0.1) is 0 Å². The number of hydrogen-bond donors (Lipinski definition) is 1. The van der Waals surface area contributed by atoms with Gasteiger partial charge in [0.15, 0.2) is 0 Å². The van der Waals surface area contributed by atoms with Crippen LogP contribution >= 0.6 is 38.5 Å². The maximum atomic E-state index is 3.60. The van der Waals surface area contributed by atoms with Crippen LogP contribution in [0.25, 0.3) is 0 Å². The van der Waals surface area contributed by atoms with Gasteiger partial charge in [0, 0.05) is 34.2 Å². The third-order valence-corrected chi connectivity index (χ3v) is 3.71. The van der Waals surface area contributed by atoms with E-state index in [9.17, 15) is 0 Å². The summed E-state index contributed by atoms with van der Waals surface area (Å²) in [4.78, 5) is 2.42. The summed E-state index contributed by atoms with van der Waals surface area (Å²) in [5.74, 6) is 0. The number of hydrogen-bond acceptors (Lipinski definition) is 2. The lowest BCUT2D eigenvalue weighted by Crippen LogP contribution is -2.43. The first-order valence-corrected chi connectivity index (χ1v) is 6.55. The Kier molecular flexibility index (Phi) is 3.67. The van der Waals surface area contributed by atoms with E-state index in [0.29, 0.717) is 0 Å². The Morgan fingerprint density at radius 1 is 1.29 bits per heavy atom. The SMILES string of the molecule is Brc1ccc(I)cc1N1CCNCC1. The highest BCUT2D eigenvalue weighted by Gasteiger charge is 2.12. The van der Waals surface area contributed by atoms with Gasteiger partial charge in [-0.25, -0.2) is 0 Å². The Balaban J connectivity index is 2.24. The number of anilines is 1. The minimum atomic E-state index is 1.08. The predicted octanol–water partition coefficient (Wildman–Crippen LogP) is 2.46. The summed E-state index contributed by atoms with van der Waals surface area (Å²) < 4.78 is 2.49. The lowest BCUT2D eigenvalue weighted by Gasteiger charge is -2.30. The van der Waals surface area contributed by atoms with Crippen molar-refractivity contribution in [2.24, 2.45) is 0 Å². The van der Waals surface area contributed by atoms with Crippen LogP contribution in [0.5, 0.6) is 0 Å². The largest absolute Gasteiger partial charge is 0.368 e. The molecular formula is C10H12BrIN2. The summed E-state index contributed by atoms with van der Waals surface area (Å²) >= 11 is 5.96. The lowest BCUT2D eigenvalue weighted by atomic mass is 10.2. The number of rotatable bonds is 1. The van der Waals surface area contributed by atoms with Crippen molar-refractivity contribution in [2.45, 2.75) is 0 Å². The average Bonchev–Trinajstić information content (AvgIpc) is 2.23. The van der Waals surface area contributed by atoms with Crippen LogP contribution in [0.1, 0.15) is 0 Å². The monoisotopic (exact) mass is 366 g/mol. The summed E-state index contributed by atoms with van der Waals surface area (Å²) in [5.41, 5.74) is 1.32. The topological polar surface area (TPSA) is 15.3 Å². The second kappa shape index (κ2) is 4.81. The molecule has 1 heterocycles. The Hall–Kier alpha value is 0.190. The van der Waals surface area contributed by atoms with Crippen molar-refractivity contribution < 1.29 is 0 Å². The Morgan fingerprint density at radius 2 is 2.00 bits per heavy atom. The zero-order valence-corrected chi connectivity index (χ0v) is 11.5. The Labute approximate surface area is 106 Å². The molecule has 2 nitrogen and oxygen atoms in total. The van der Waals surface area contributed by atoms with Crippen molar-refractivity contribution in [3.63, 3.8) is 0 Å². The molecule has 0 atom stereocenters. The molecule has 1 aliphatic heterocycles. The lowest BCUT2D eigenvalue weighted by molar-refractivity contribution is 0.588. The highest BCUT2D eigenvalue weighted by atomic mass is 127. The first-order valence-electron chi connectivity index (χ1n) is 4.68. The highest BCUT2D eigenvalue weighted by Crippen LogP contribution is 2.28. The molecular weight excluding hydrogens is 355 g/mol. The molecule has 0 unspecified atom stereocenters. The van der Waals surface area contributed by atoms with Crippen molar-refractivity contribution in [3.05, 3.63) is 26.2 Å². The van der Waals surface area contributed by atoms with E-state index >= 15 is 0 Å². The fourth-order valence-corrected chi connectivity index (χ4v) is 2.61. The molecule has 0 spiro atoms. The van der Waals surface area contributed by atoms with E-state index in [1.807, 2.05) is 0 Å². The molecule has 0 saturated carbocycles. The van der Waals surface area contributed by atoms with Crippen molar-refractivity contribution in [1.82, 2.24) is 5.32 Å². The number of halogens is 2. The molecule has 14 heavy (non-hydrogen) atoms. The molecule has 1 aliphatic rings. The van der Waals surface area contributed by atoms with E-state index in [1.165, 1.54) is 13.7 Å². The molecule has 0 aromatic heterocycles. The first kappa shape index (κ1) is 10.7. The molecule has 0 radical (unpaired) electrons. The van der Waals surface area contributed by atoms with Gasteiger partial charge in [0.2, 0.25) is 0 Å². The summed E-state index contributed by atoms with van der Waals surface area (Å²) in [6.45, 7) is 4.35. The summed E-state index contributed by atoms with van der Waals surface area (Å²) in [6, 6.07) is 6.48. The third kappa shape index (κ3) is 2.41. The number of nitrogens with one attached hydrogen (secondary N) is 1. The maximum Gasteiger partial charge on any atom is 0.0522 e. The Morgan fingerprint density at radius 3 is 2.71 bits per heavy atom. The fourth-order valence-electron chi connectivity index (χ4n) is 1.63. The molecule has 2 rings (SSSR count). The van der Waals surface area contributed by atoms with Crippen LogP contribution in [0.3, 0.4) is 0 Å². The standard InChI is InChI=1S/C10H12BrIN2/c11-9-2-1-8(12)7-10(9)14-5-3-13-4-6-14/h1-2,7,13H,3-6H2. The molecule has 1 aromatic rings. The highest BCUT2D eigenvalue weighted by molar-refractivity contribution is 14.1. The third-order valence-electron chi connectivity index (χ3n) is 2.37. The van der Waals surface area contributed by atoms with Crippen molar-refractivity contribution >= 4 is 44.2 Å². The maximum absolute atomic E-state index is 3.60. The fraction of sp³-hybridized carbons (Fsp3) is 0.400. The van der Waals surface area contributed by atoms with Gasteiger partial charge in [-0.05, 0) is 56.7 Å². The summed E-state index contributed by atoms with van der Waals surface area (Å²) in [7, 11) is 0. The second-order valence-corrected chi connectivity index (χ2v) is 5.43. The van der Waals surface area contributed by atoms with E-state index in [1.54, 1.807) is 0 Å². The molecule has 0 aliphatic carbocycles. The predicted molar refractivity (Wildman–Crippen MR) is 71.9 cm³/mol. The van der Waals surface area contributed by atoms with Crippen LogP contribution in [0.4, 0.5) is 5.69 Å². The molecule has 4 heteroatoms. The summed E-state index contributed by atoms with van der Waals surface area (Å²) in [5, 5.41) is 3.36. The molecule has 0 bridgehead atoms. The number of nitrogens with zero attached hydrogens (tertiary/aromatic N) is 1. The van der Waals surface area contributed by atoms with E-state index < -0.39 is 0 Å². The molecule has 1 saturated heterocycles. The molecule has 1 aromatic carbocycles. The van der Waals surface area contributed by atoms with Crippen LogP contribution in [-0.4, -0.2) is 26.2 Å². The molecule has 76 valence electrons. The van der Waals surface area contributed by atoms with Crippen molar-refractivity contribution in [1.29, 1.82) is 0 Å². The molecule has 1 fully saturated rings. The van der Waals surface area contributed by atoms with Crippen LogP contribution in [0, 0.1) is 3.57 Å². The number of benzene rings is 1. The van der Waals surface area contributed by atoms with Crippen molar-refractivity contribution in [2.75, 3.05) is 31.1 Å². The van der Waals surface area contributed by atoms with Crippen LogP contribution < -0.4 is 10.2 Å². The smallest absolute Gasteiger partial charge is 0.0522 e. The quantitative estimate of drug-likeness (QED) is 0.768. The van der Waals surface area contributed by atoms with E-state index in [-0.39, 0.29) is 0 Å². The first-order chi connectivity index (χ1) is 6.77. The van der Waals surface area contributed by atoms with Gasteiger partial charge in [0.05, 0.1) is 5.69 Å². The van der Waals surface area contributed by atoms with Crippen molar-refractivity contribution in [3.8, 4) is 0 Å². The molecule has 1 N–H and O–H groups in total. The van der Waals surface area contributed by atoms with Gasteiger partial charge in [0.1, 0.15) is 0 Å². The Bertz CT molecular complexity index is 324. The van der Waals surface area contributed by atoms with Crippen LogP contribution in [0.15, 0.2) is 22.7 Å². The zero-order valence-electron chi connectivity index (χ0n) is 7.76. The van der Waals surface area contributed by atoms with Crippen LogP contribution in [0.2, 0.25) is 0 Å². The average molecular weight is 367 g/mol. The normalized spacial score (nSPS) is 17.1. The number of piperazine rings is 1. The van der Waals surface area contributed by atoms with Gasteiger partial charge in [-0.3, -0.25) is 0 Å². The minimum Gasteiger partial charge on any atom is -0.368 e. The van der Waals surface area contributed by atoms with Gasteiger partial charge >= 0.3 is 0 Å². The van der Waals surface area contributed by atoms with E-state index in [2.05, 4.69) is 66.9 Å². The second-order valence-electron chi connectivity index (χ2n) is 3.33.